The molecule has 5 heteroatoms. The van der Waals surface area contributed by atoms with E-state index in [1.807, 2.05) is 6.92 Å². The van der Waals surface area contributed by atoms with Crippen LogP contribution < -0.4 is 0 Å². The predicted octanol–water partition coefficient (Wildman–Crippen LogP) is 2.62. The first-order chi connectivity index (χ1) is 6.69. The largest absolute Gasteiger partial charge is 0.461 e. The van der Waals surface area contributed by atoms with Gasteiger partial charge in [-0.2, -0.15) is 0 Å². The maximum absolute atomic E-state index is 9.98. The lowest BCUT2D eigenvalue weighted by atomic mass is 10.2. The minimum atomic E-state index is 0.118. The Morgan fingerprint density at radius 2 is 2.29 bits per heavy atom. The minimum Gasteiger partial charge on any atom is -0.461 e. The molecule has 0 amide bonds. The van der Waals surface area contributed by atoms with Crippen molar-refractivity contribution in [3.63, 3.8) is 0 Å². The molecule has 0 saturated heterocycles. The van der Waals surface area contributed by atoms with E-state index in [1.54, 1.807) is 6.07 Å². The van der Waals surface area contributed by atoms with Gasteiger partial charge in [-0.25, -0.2) is 0 Å². The fourth-order valence-electron chi connectivity index (χ4n) is 1.03. The third-order valence-electron chi connectivity index (χ3n) is 1.67. The van der Waals surface area contributed by atoms with Crippen LogP contribution in [-0.2, 0) is 22.6 Å². The fraction of sp³-hybridized carbons (Fsp3) is 0.333. The van der Waals surface area contributed by atoms with E-state index in [0.717, 1.165) is 0 Å². The number of hydrogen-bond donors (Lipinski definition) is 0. The Labute approximate surface area is 92.0 Å². The van der Waals surface area contributed by atoms with E-state index >= 15 is 0 Å². The highest BCUT2D eigenvalue weighted by Crippen LogP contribution is 2.25. The van der Waals surface area contributed by atoms with Gasteiger partial charge in [0.1, 0.15) is 6.61 Å². The average Bonchev–Trinajstić information content (AvgIpc) is 2.19. The first-order valence-electron chi connectivity index (χ1n) is 4.08. The highest BCUT2D eigenvalue weighted by atomic mass is 35.5. The van der Waals surface area contributed by atoms with Crippen LogP contribution in [0.3, 0.4) is 0 Å². The third-order valence-corrected chi connectivity index (χ3v) is 2.49. The molecule has 0 aliphatic heterocycles. The van der Waals surface area contributed by atoms with E-state index in [0.29, 0.717) is 34.3 Å². The molecule has 0 bridgehead atoms. The molecule has 0 N–H and O–H groups in total. The zero-order valence-corrected chi connectivity index (χ0v) is 9.10. The van der Waals surface area contributed by atoms with Crippen molar-refractivity contribution in [1.29, 1.82) is 0 Å². The Hall–Kier alpha value is -0.800. The Balaban J connectivity index is 2.97. The molecule has 0 saturated carbocycles. The van der Waals surface area contributed by atoms with Crippen LogP contribution in [0.5, 0.6) is 0 Å². The zero-order chi connectivity index (χ0) is 10.6. The normalized spacial score (nSPS) is 9.93. The standard InChI is InChI=1S/C9H9Cl2NO2/c1-2-8-9(11)7(10)3-6(12-8)4-14-5-13/h3,5H,2,4H2,1H3. The topological polar surface area (TPSA) is 39.2 Å². The molecule has 0 unspecified atom stereocenters. The van der Waals surface area contributed by atoms with E-state index in [4.69, 9.17) is 23.2 Å². The Morgan fingerprint density at radius 1 is 1.57 bits per heavy atom. The summed E-state index contributed by atoms with van der Waals surface area (Å²) in [6.07, 6.45) is 0.688. The second-order valence-corrected chi connectivity index (χ2v) is 3.40. The number of nitrogens with zero attached hydrogens (tertiary/aromatic N) is 1. The van der Waals surface area contributed by atoms with Gasteiger partial charge in [0.2, 0.25) is 0 Å². The van der Waals surface area contributed by atoms with Crippen LogP contribution in [0.25, 0.3) is 0 Å². The van der Waals surface area contributed by atoms with Crippen molar-refractivity contribution in [2.45, 2.75) is 20.0 Å². The third kappa shape index (κ3) is 2.59. The van der Waals surface area contributed by atoms with Gasteiger partial charge in [-0.3, -0.25) is 9.78 Å². The molecular formula is C9H9Cl2NO2. The number of rotatable bonds is 4. The number of carbonyl (C=O) groups is 1. The second-order valence-electron chi connectivity index (χ2n) is 2.62. The van der Waals surface area contributed by atoms with Gasteiger partial charge in [0, 0.05) is 0 Å². The van der Waals surface area contributed by atoms with Crippen molar-refractivity contribution in [3.8, 4) is 0 Å². The molecule has 1 aromatic rings. The summed E-state index contributed by atoms with van der Waals surface area (Å²) in [5.41, 5.74) is 1.31. The van der Waals surface area contributed by atoms with E-state index in [1.165, 1.54) is 0 Å². The molecule has 3 nitrogen and oxygen atoms in total. The van der Waals surface area contributed by atoms with Crippen LogP contribution in [0.4, 0.5) is 0 Å². The monoisotopic (exact) mass is 233 g/mol. The summed E-state index contributed by atoms with van der Waals surface area (Å²) in [5.74, 6) is 0. The van der Waals surface area contributed by atoms with Crippen LogP contribution in [0.15, 0.2) is 6.07 Å². The van der Waals surface area contributed by atoms with Gasteiger partial charge in [0.05, 0.1) is 21.4 Å². The van der Waals surface area contributed by atoms with Crippen molar-refractivity contribution in [1.82, 2.24) is 4.98 Å². The summed E-state index contributed by atoms with van der Waals surface area (Å²) < 4.78 is 4.57. The molecular weight excluding hydrogens is 225 g/mol. The van der Waals surface area contributed by atoms with E-state index in [9.17, 15) is 4.79 Å². The van der Waals surface area contributed by atoms with Crippen LogP contribution >= 0.6 is 23.2 Å². The quantitative estimate of drug-likeness (QED) is 0.751. The van der Waals surface area contributed by atoms with E-state index < -0.39 is 0 Å². The van der Waals surface area contributed by atoms with Gasteiger partial charge in [0.15, 0.2) is 0 Å². The number of halogens is 2. The number of aromatic nitrogens is 1. The second kappa shape index (κ2) is 5.17. The molecule has 76 valence electrons. The number of ether oxygens (including phenoxy) is 1. The summed E-state index contributed by atoms with van der Waals surface area (Å²) >= 11 is 11.8. The smallest absolute Gasteiger partial charge is 0.293 e. The van der Waals surface area contributed by atoms with Crippen molar-refractivity contribution in [3.05, 3.63) is 27.5 Å². The maximum atomic E-state index is 9.98. The highest BCUT2D eigenvalue weighted by molar-refractivity contribution is 6.42. The van der Waals surface area contributed by atoms with E-state index in [2.05, 4.69) is 9.72 Å². The fourth-order valence-corrected chi connectivity index (χ4v) is 1.50. The predicted molar refractivity (Wildman–Crippen MR) is 54.5 cm³/mol. The lowest BCUT2D eigenvalue weighted by Crippen LogP contribution is -1.98. The Morgan fingerprint density at radius 3 is 2.86 bits per heavy atom. The molecule has 14 heavy (non-hydrogen) atoms. The molecule has 0 aliphatic carbocycles. The summed E-state index contributed by atoms with van der Waals surface area (Å²) in [6.45, 7) is 2.41. The number of hydrogen-bond acceptors (Lipinski definition) is 3. The molecule has 0 atom stereocenters. The molecule has 1 rings (SSSR count). The molecule has 0 aromatic carbocycles. The summed E-state index contributed by atoms with van der Waals surface area (Å²) in [5, 5.41) is 0.895. The van der Waals surface area contributed by atoms with Crippen LogP contribution in [-0.4, -0.2) is 11.5 Å². The van der Waals surface area contributed by atoms with E-state index in [-0.39, 0.29) is 6.61 Å². The first kappa shape index (κ1) is 11.3. The molecule has 0 radical (unpaired) electrons. The van der Waals surface area contributed by atoms with Crippen LogP contribution in [0.1, 0.15) is 18.3 Å². The van der Waals surface area contributed by atoms with Crippen molar-refractivity contribution in [2.24, 2.45) is 0 Å². The minimum absolute atomic E-state index is 0.118. The molecule has 0 fully saturated rings. The molecule has 0 aliphatic rings. The number of pyridine rings is 1. The highest BCUT2D eigenvalue weighted by Gasteiger charge is 2.07. The van der Waals surface area contributed by atoms with Gasteiger partial charge in [-0.15, -0.1) is 0 Å². The average molecular weight is 234 g/mol. The first-order valence-corrected chi connectivity index (χ1v) is 4.83. The summed E-state index contributed by atoms with van der Waals surface area (Å²) in [7, 11) is 0. The van der Waals surface area contributed by atoms with Gasteiger partial charge in [-0.1, -0.05) is 30.1 Å². The van der Waals surface area contributed by atoms with Crippen molar-refractivity contribution < 1.29 is 9.53 Å². The van der Waals surface area contributed by atoms with Crippen molar-refractivity contribution in [2.75, 3.05) is 0 Å². The molecule has 1 aromatic heterocycles. The van der Waals surface area contributed by atoms with Crippen LogP contribution in [0.2, 0.25) is 10.0 Å². The molecule has 1 heterocycles. The maximum Gasteiger partial charge on any atom is 0.293 e. The Bertz CT molecular complexity index is 342. The summed E-state index contributed by atoms with van der Waals surface area (Å²) in [4.78, 5) is 14.2. The number of aryl methyl sites for hydroxylation is 1. The molecule has 0 spiro atoms. The number of carbonyl (C=O) groups excluding carboxylic acids is 1. The van der Waals surface area contributed by atoms with Crippen LogP contribution in [0, 0.1) is 0 Å². The zero-order valence-electron chi connectivity index (χ0n) is 7.59. The lowest BCUT2D eigenvalue weighted by Gasteiger charge is -2.06. The van der Waals surface area contributed by atoms with Gasteiger partial charge in [-0.05, 0) is 12.5 Å². The van der Waals surface area contributed by atoms with Gasteiger partial charge >= 0.3 is 0 Å². The van der Waals surface area contributed by atoms with Gasteiger partial charge in [0.25, 0.3) is 6.47 Å². The lowest BCUT2D eigenvalue weighted by molar-refractivity contribution is -0.129. The summed E-state index contributed by atoms with van der Waals surface area (Å²) in [6, 6.07) is 1.59. The van der Waals surface area contributed by atoms with Crippen molar-refractivity contribution >= 4 is 29.7 Å². The SMILES string of the molecule is CCc1nc(COC=O)cc(Cl)c1Cl. The van der Waals surface area contributed by atoms with Gasteiger partial charge < -0.3 is 4.74 Å². The Kier molecular flexibility index (Phi) is 4.17.